The molecule has 7 heteroatoms. The highest BCUT2D eigenvalue weighted by Gasteiger charge is 2.13. The smallest absolute Gasteiger partial charge is 0.419 e. The highest BCUT2D eigenvalue weighted by atomic mass is 79.9. The summed E-state index contributed by atoms with van der Waals surface area (Å²) in [6.45, 7) is 2.39. The summed E-state index contributed by atoms with van der Waals surface area (Å²) in [6.07, 6.45) is 0. The van der Waals surface area contributed by atoms with Crippen LogP contribution in [0.2, 0.25) is 0 Å². The molecule has 6 nitrogen and oxygen atoms in total. The third-order valence-electron chi connectivity index (χ3n) is 3.66. The van der Waals surface area contributed by atoms with Crippen LogP contribution in [-0.2, 0) is 6.54 Å². The van der Waals surface area contributed by atoms with Gasteiger partial charge in [0.05, 0.1) is 18.2 Å². The first-order valence-corrected chi connectivity index (χ1v) is 8.11. The van der Waals surface area contributed by atoms with Gasteiger partial charge >= 0.3 is 5.76 Å². The van der Waals surface area contributed by atoms with E-state index in [-0.39, 0.29) is 5.91 Å². The summed E-state index contributed by atoms with van der Waals surface area (Å²) in [5, 5.41) is 2.79. The Balaban J connectivity index is 1.92. The number of nitrogens with zero attached hydrogens (tertiary/aromatic N) is 1. The number of rotatable bonds is 4. The van der Waals surface area contributed by atoms with Crippen LogP contribution >= 0.6 is 15.9 Å². The number of nitrogens with one attached hydrogen (secondary N) is 1. The monoisotopic (exact) mass is 390 g/mol. The topological polar surface area (TPSA) is 73.5 Å². The largest absolute Gasteiger partial charge is 0.497 e. The minimum absolute atomic E-state index is 0.294. The van der Waals surface area contributed by atoms with Crippen molar-refractivity contribution in [2.24, 2.45) is 0 Å². The number of anilines is 1. The van der Waals surface area contributed by atoms with Crippen molar-refractivity contribution < 1.29 is 13.9 Å². The van der Waals surface area contributed by atoms with Crippen molar-refractivity contribution in [2.75, 3.05) is 12.4 Å². The highest BCUT2D eigenvalue weighted by molar-refractivity contribution is 9.10. The van der Waals surface area contributed by atoms with E-state index in [0.29, 0.717) is 39.1 Å². The van der Waals surface area contributed by atoms with Crippen molar-refractivity contribution in [3.05, 3.63) is 57.0 Å². The summed E-state index contributed by atoms with van der Waals surface area (Å²) in [5.41, 5.74) is 2.12. The van der Waals surface area contributed by atoms with Crippen molar-refractivity contribution in [3.8, 4) is 5.75 Å². The van der Waals surface area contributed by atoms with E-state index in [9.17, 15) is 9.59 Å². The molecule has 0 aliphatic heterocycles. The van der Waals surface area contributed by atoms with Crippen molar-refractivity contribution in [1.29, 1.82) is 0 Å². The summed E-state index contributed by atoms with van der Waals surface area (Å²) in [7, 11) is 1.54. The van der Waals surface area contributed by atoms with Crippen LogP contribution in [0.1, 0.15) is 17.3 Å². The van der Waals surface area contributed by atoms with Gasteiger partial charge in [-0.2, -0.15) is 0 Å². The molecule has 0 spiro atoms. The summed E-state index contributed by atoms with van der Waals surface area (Å²) < 4.78 is 12.5. The molecule has 3 aromatic rings. The Hall–Kier alpha value is -2.54. The van der Waals surface area contributed by atoms with Crippen LogP contribution in [-0.4, -0.2) is 17.6 Å². The molecule has 0 aliphatic carbocycles. The number of carbonyl (C=O) groups excluding carboxylic acids is 1. The third-order valence-corrected chi connectivity index (χ3v) is 4.35. The molecular weight excluding hydrogens is 376 g/mol. The molecule has 0 unspecified atom stereocenters. The Labute approximate surface area is 146 Å². The van der Waals surface area contributed by atoms with E-state index in [1.807, 2.05) is 6.92 Å². The van der Waals surface area contributed by atoms with Crippen molar-refractivity contribution in [3.63, 3.8) is 0 Å². The van der Waals surface area contributed by atoms with Gasteiger partial charge in [0.15, 0.2) is 5.58 Å². The van der Waals surface area contributed by atoms with Gasteiger partial charge in [0.1, 0.15) is 5.75 Å². The van der Waals surface area contributed by atoms with E-state index in [1.54, 1.807) is 43.5 Å². The number of hydrogen-bond donors (Lipinski definition) is 1. The minimum atomic E-state index is -0.411. The van der Waals surface area contributed by atoms with Gasteiger partial charge in [-0.1, -0.05) is 0 Å². The first-order valence-electron chi connectivity index (χ1n) is 7.31. The molecule has 2 aromatic carbocycles. The molecule has 1 amide bonds. The molecule has 0 bridgehead atoms. The minimum Gasteiger partial charge on any atom is -0.497 e. The number of oxazole rings is 1. The van der Waals surface area contributed by atoms with Gasteiger partial charge < -0.3 is 14.5 Å². The van der Waals surface area contributed by atoms with Gasteiger partial charge in [-0.05, 0) is 53.2 Å². The fourth-order valence-corrected chi connectivity index (χ4v) is 2.87. The number of fused-ring (bicyclic) bond motifs is 1. The molecule has 0 aliphatic rings. The Bertz CT molecular complexity index is 974. The maximum absolute atomic E-state index is 12.5. The zero-order valence-corrected chi connectivity index (χ0v) is 14.7. The van der Waals surface area contributed by atoms with Crippen molar-refractivity contribution in [2.45, 2.75) is 13.5 Å². The Morgan fingerprint density at radius 1 is 1.29 bits per heavy atom. The molecule has 1 aromatic heterocycles. The molecule has 3 rings (SSSR count). The summed E-state index contributed by atoms with van der Waals surface area (Å²) in [6, 6.07) is 10.3. The molecule has 0 saturated carbocycles. The van der Waals surface area contributed by atoms with Crippen LogP contribution in [0.25, 0.3) is 11.1 Å². The molecule has 1 N–H and O–H groups in total. The van der Waals surface area contributed by atoms with Gasteiger partial charge in [-0.3, -0.25) is 9.36 Å². The zero-order chi connectivity index (χ0) is 17.3. The lowest BCUT2D eigenvalue weighted by molar-refractivity contribution is 0.102. The number of carbonyl (C=O) groups is 1. The third kappa shape index (κ3) is 2.94. The average molecular weight is 391 g/mol. The number of halogens is 1. The number of methoxy groups -OCH3 is 1. The molecular formula is C17H15BrN2O4. The first kappa shape index (κ1) is 16.3. The summed E-state index contributed by atoms with van der Waals surface area (Å²) in [4.78, 5) is 24.2. The van der Waals surface area contributed by atoms with Gasteiger partial charge in [0.25, 0.3) is 5.91 Å². The van der Waals surface area contributed by atoms with Crippen LogP contribution in [0.15, 0.2) is 50.1 Å². The second kappa shape index (κ2) is 6.52. The molecule has 1 heterocycles. The van der Waals surface area contributed by atoms with Gasteiger partial charge in [0.2, 0.25) is 0 Å². The number of amides is 1. The Kier molecular flexibility index (Phi) is 4.44. The van der Waals surface area contributed by atoms with Gasteiger partial charge in [-0.25, -0.2) is 4.79 Å². The van der Waals surface area contributed by atoms with Crippen LogP contribution in [0.4, 0.5) is 5.69 Å². The lowest BCUT2D eigenvalue weighted by Gasteiger charge is -2.08. The fourth-order valence-electron chi connectivity index (χ4n) is 2.45. The number of aromatic nitrogens is 1. The van der Waals surface area contributed by atoms with Crippen LogP contribution in [0.3, 0.4) is 0 Å². The van der Waals surface area contributed by atoms with E-state index in [1.165, 1.54) is 4.57 Å². The molecule has 124 valence electrons. The van der Waals surface area contributed by atoms with Crippen molar-refractivity contribution >= 4 is 38.6 Å². The van der Waals surface area contributed by atoms with Gasteiger partial charge in [-0.15, -0.1) is 0 Å². The lowest BCUT2D eigenvalue weighted by atomic mass is 10.2. The van der Waals surface area contributed by atoms with Crippen LogP contribution in [0, 0.1) is 0 Å². The van der Waals surface area contributed by atoms with Crippen LogP contribution < -0.4 is 15.8 Å². The highest BCUT2D eigenvalue weighted by Crippen LogP contribution is 2.24. The fraction of sp³-hybridized carbons (Fsp3) is 0.176. The number of hydrogen-bond acceptors (Lipinski definition) is 4. The maximum atomic E-state index is 12.5. The van der Waals surface area contributed by atoms with Gasteiger partial charge in [0, 0.05) is 22.8 Å². The first-order chi connectivity index (χ1) is 11.5. The van der Waals surface area contributed by atoms with Crippen molar-refractivity contribution in [1.82, 2.24) is 4.57 Å². The van der Waals surface area contributed by atoms with E-state index >= 15 is 0 Å². The SMILES string of the molecule is CCn1c(=O)oc2cc(NC(=O)c3cc(OC)ccc3Br)ccc21. The number of ether oxygens (including phenoxy) is 1. The standard InChI is InChI=1S/C17H15BrN2O4/c1-3-20-14-7-4-10(8-15(14)24-17(20)22)19-16(21)12-9-11(23-2)5-6-13(12)18/h4-9H,3H2,1-2H3,(H,19,21). The van der Waals surface area contributed by atoms with E-state index in [4.69, 9.17) is 9.15 Å². The number of benzene rings is 2. The van der Waals surface area contributed by atoms with E-state index in [2.05, 4.69) is 21.2 Å². The normalized spacial score (nSPS) is 10.8. The molecule has 0 radical (unpaired) electrons. The second-order valence-corrected chi connectivity index (χ2v) is 5.95. The van der Waals surface area contributed by atoms with Crippen LogP contribution in [0.5, 0.6) is 5.75 Å². The average Bonchev–Trinajstić information content (AvgIpc) is 2.89. The molecule has 24 heavy (non-hydrogen) atoms. The predicted octanol–water partition coefficient (Wildman–Crippen LogP) is 3.64. The number of aryl methyl sites for hydroxylation is 1. The predicted molar refractivity (Wildman–Crippen MR) is 94.8 cm³/mol. The zero-order valence-electron chi connectivity index (χ0n) is 13.1. The van der Waals surface area contributed by atoms with E-state index < -0.39 is 5.76 Å². The lowest BCUT2D eigenvalue weighted by Crippen LogP contribution is -2.13. The molecule has 0 fully saturated rings. The second-order valence-electron chi connectivity index (χ2n) is 5.09. The van der Waals surface area contributed by atoms with E-state index in [0.717, 1.165) is 0 Å². The summed E-state index contributed by atoms with van der Waals surface area (Å²) >= 11 is 3.36. The Morgan fingerprint density at radius 2 is 2.08 bits per heavy atom. The molecule has 0 atom stereocenters. The summed E-state index contributed by atoms with van der Waals surface area (Å²) in [5.74, 6) is -0.117. The Morgan fingerprint density at radius 3 is 2.79 bits per heavy atom. The molecule has 0 saturated heterocycles. The quantitative estimate of drug-likeness (QED) is 0.737. The maximum Gasteiger partial charge on any atom is 0.419 e.